The number of halogens is 1. The summed E-state index contributed by atoms with van der Waals surface area (Å²) in [6.45, 7) is 1.36. The second kappa shape index (κ2) is 4.00. The van der Waals surface area contributed by atoms with E-state index in [9.17, 15) is 10.1 Å². The lowest BCUT2D eigenvalue weighted by molar-refractivity contribution is -0.386. The topological polar surface area (TPSA) is 77.3 Å². The first kappa shape index (κ1) is 10.1. The molecule has 0 aliphatic carbocycles. The van der Waals surface area contributed by atoms with Crippen molar-refractivity contribution >= 4 is 17.3 Å². The molecule has 7 heteroatoms. The minimum Gasteiger partial charge on any atom is -0.467 e. The normalized spacial score (nSPS) is 15.8. The van der Waals surface area contributed by atoms with Crippen molar-refractivity contribution in [2.75, 3.05) is 13.1 Å². The standard InChI is InChI=1S/C8H8ClN3O3/c9-5-1-7(12(13)14)8(11-2-5)15-6-3-10-4-6/h1-2,6,10H,3-4H2. The van der Waals surface area contributed by atoms with Crippen LogP contribution >= 0.6 is 11.6 Å². The number of hydrogen-bond acceptors (Lipinski definition) is 5. The highest BCUT2D eigenvalue weighted by Crippen LogP contribution is 2.28. The third-order valence-corrected chi connectivity index (χ3v) is 2.22. The zero-order valence-electron chi connectivity index (χ0n) is 7.64. The molecule has 0 spiro atoms. The Bertz CT molecular complexity index is 395. The van der Waals surface area contributed by atoms with Gasteiger partial charge in [-0.3, -0.25) is 10.1 Å². The monoisotopic (exact) mass is 229 g/mol. The second-order valence-corrected chi connectivity index (χ2v) is 3.57. The number of nitrogens with zero attached hydrogens (tertiary/aromatic N) is 2. The zero-order valence-corrected chi connectivity index (χ0v) is 8.40. The maximum Gasteiger partial charge on any atom is 0.332 e. The molecule has 0 saturated carbocycles. The molecule has 0 aromatic carbocycles. The maximum absolute atomic E-state index is 10.7. The highest BCUT2D eigenvalue weighted by Gasteiger charge is 2.24. The van der Waals surface area contributed by atoms with Crippen molar-refractivity contribution in [2.45, 2.75) is 6.10 Å². The summed E-state index contributed by atoms with van der Waals surface area (Å²) < 4.78 is 5.32. The van der Waals surface area contributed by atoms with Gasteiger partial charge in [-0.1, -0.05) is 11.6 Å². The van der Waals surface area contributed by atoms with E-state index in [1.807, 2.05) is 0 Å². The molecule has 0 unspecified atom stereocenters. The van der Waals surface area contributed by atoms with E-state index < -0.39 is 4.92 Å². The van der Waals surface area contributed by atoms with Gasteiger partial charge >= 0.3 is 5.69 Å². The van der Waals surface area contributed by atoms with E-state index in [1.165, 1.54) is 12.3 Å². The predicted molar refractivity (Wildman–Crippen MR) is 53.2 cm³/mol. The van der Waals surface area contributed by atoms with E-state index in [0.29, 0.717) is 13.1 Å². The number of pyridine rings is 1. The highest BCUT2D eigenvalue weighted by atomic mass is 35.5. The van der Waals surface area contributed by atoms with Gasteiger partial charge in [0.2, 0.25) is 0 Å². The molecular formula is C8H8ClN3O3. The molecule has 1 aliphatic rings. The van der Waals surface area contributed by atoms with Crippen LogP contribution in [0.15, 0.2) is 12.3 Å². The Balaban J connectivity index is 2.23. The smallest absolute Gasteiger partial charge is 0.332 e. The molecule has 0 radical (unpaired) electrons. The van der Waals surface area contributed by atoms with Gasteiger partial charge in [0.05, 0.1) is 16.1 Å². The van der Waals surface area contributed by atoms with Gasteiger partial charge < -0.3 is 10.1 Å². The number of nitrogens with one attached hydrogen (secondary N) is 1. The molecule has 1 aromatic heterocycles. The van der Waals surface area contributed by atoms with Crippen LogP contribution in [0.1, 0.15) is 0 Å². The number of ether oxygens (including phenoxy) is 1. The molecule has 80 valence electrons. The second-order valence-electron chi connectivity index (χ2n) is 3.13. The summed E-state index contributed by atoms with van der Waals surface area (Å²) in [4.78, 5) is 13.9. The summed E-state index contributed by atoms with van der Waals surface area (Å²) in [7, 11) is 0. The van der Waals surface area contributed by atoms with E-state index in [-0.39, 0.29) is 22.7 Å². The van der Waals surface area contributed by atoms with E-state index in [1.54, 1.807) is 0 Å². The zero-order chi connectivity index (χ0) is 10.8. The third kappa shape index (κ3) is 2.16. The molecular weight excluding hydrogens is 222 g/mol. The third-order valence-electron chi connectivity index (χ3n) is 2.02. The van der Waals surface area contributed by atoms with E-state index >= 15 is 0 Å². The Kier molecular flexibility index (Phi) is 2.70. The fourth-order valence-electron chi connectivity index (χ4n) is 1.14. The van der Waals surface area contributed by atoms with Crippen LogP contribution in [0.4, 0.5) is 5.69 Å². The Morgan fingerprint density at radius 3 is 2.93 bits per heavy atom. The molecule has 1 aromatic rings. The molecule has 15 heavy (non-hydrogen) atoms. The minimum absolute atomic E-state index is 0.0240. The van der Waals surface area contributed by atoms with Crippen LogP contribution < -0.4 is 10.1 Å². The molecule has 2 heterocycles. The van der Waals surface area contributed by atoms with Crippen LogP contribution in [0, 0.1) is 10.1 Å². The molecule has 6 nitrogen and oxygen atoms in total. The van der Waals surface area contributed by atoms with Gasteiger partial charge in [0.15, 0.2) is 0 Å². The van der Waals surface area contributed by atoms with Gasteiger partial charge in [-0.2, -0.15) is 0 Å². The first-order valence-electron chi connectivity index (χ1n) is 4.34. The van der Waals surface area contributed by atoms with E-state index in [0.717, 1.165) is 0 Å². The maximum atomic E-state index is 10.7. The van der Waals surface area contributed by atoms with Gasteiger partial charge in [0, 0.05) is 19.2 Å². The van der Waals surface area contributed by atoms with Crippen molar-refractivity contribution in [1.82, 2.24) is 10.3 Å². The summed E-state index contributed by atoms with van der Waals surface area (Å²) in [5, 5.41) is 13.9. The Hall–Kier alpha value is -1.40. The average Bonchev–Trinajstić information content (AvgIpc) is 2.12. The van der Waals surface area contributed by atoms with Crippen LogP contribution in [0.2, 0.25) is 5.02 Å². The quantitative estimate of drug-likeness (QED) is 0.618. The van der Waals surface area contributed by atoms with Crippen molar-refractivity contribution in [3.05, 3.63) is 27.4 Å². The van der Waals surface area contributed by atoms with E-state index in [4.69, 9.17) is 16.3 Å². The molecule has 0 bridgehead atoms. The van der Waals surface area contributed by atoms with Crippen molar-refractivity contribution in [1.29, 1.82) is 0 Å². The van der Waals surface area contributed by atoms with Crippen molar-refractivity contribution < 1.29 is 9.66 Å². The molecule has 0 amide bonds. The van der Waals surface area contributed by atoms with Gasteiger partial charge in [-0.05, 0) is 0 Å². The van der Waals surface area contributed by atoms with Crippen molar-refractivity contribution in [3.63, 3.8) is 0 Å². The van der Waals surface area contributed by atoms with Crippen molar-refractivity contribution in [3.8, 4) is 5.88 Å². The van der Waals surface area contributed by atoms with Crippen LogP contribution in [0.3, 0.4) is 0 Å². The van der Waals surface area contributed by atoms with Gasteiger partial charge in [-0.15, -0.1) is 0 Å². The summed E-state index contributed by atoms with van der Waals surface area (Å²) in [5.74, 6) is 0.0240. The average molecular weight is 230 g/mol. The number of rotatable bonds is 3. The summed E-state index contributed by atoms with van der Waals surface area (Å²) in [5.41, 5.74) is -0.200. The Morgan fingerprint density at radius 1 is 1.67 bits per heavy atom. The first-order valence-corrected chi connectivity index (χ1v) is 4.72. The van der Waals surface area contributed by atoms with Crippen LogP contribution in [-0.2, 0) is 0 Å². The first-order chi connectivity index (χ1) is 7.16. The number of hydrogen-bond donors (Lipinski definition) is 1. The highest BCUT2D eigenvalue weighted by molar-refractivity contribution is 6.30. The van der Waals surface area contributed by atoms with Gasteiger partial charge in [0.25, 0.3) is 5.88 Å². The molecule has 1 aliphatic heterocycles. The SMILES string of the molecule is O=[N+]([O-])c1cc(Cl)cnc1OC1CNC1. The largest absolute Gasteiger partial charge is 0.467 e. The molecule has 1 fully saturated rings. The fraction of sp³-hybridized carbons (Fsp3) is 0.375. The number of aromatic nitrogens is 1. The summed E-state index contributed by atoms with van der Waals surface area (Å²) >= 11 is 5.61. The molecule has 2 rings (SSSR count). The Morgan fingerprint density at radius 2 is 2.40 bits per heavy atom. The fourth-order valence-corrected chi connectivity index (χ4v) is 1.29. The van der Waals surface area contributed by atoms with Gasteiger partial charge in [0.1, 0.15) is 6.10 Å². The molecule has 1 N–H and O–H groups in total. The predicted octanol–water partition coefficient (Wildman–Crippen LogP) is 0.994. The Labute approximate surface area is 90.4 Å². The summed E-state index contributed by atoms with van der Waals surface area (Å²) in [6, 6.07) is 1.23. The van der Waals surface area contributed by atoms with Crippen LogP contribution in [-0.4, -0.2) is 29.1 Å². The molecule has 0 atom stereocenters. The van der Waals surface area contributed by atoms with Crippen LogP contribution in [0.25, 0.3) is 0 Å². The number of nitro groups is 1. The van der Waals surface area contributed by atoms with Crippen molar-refractivity contribution in [2.24, 2.45) is 0 Å². The lowest BCUT2D eigenvalue weighted by Crippen LogP contribution is -2.50. The van der Waals surface area contributed by atoms with E-state index in [2.05, 4.69) is 10.3 Å². The lowest BCUT2D eigenvalue weighted by atomic mass is 10.2. The molecule has 1 saturated heterocycles. The summed E-state index contributed by atoms with van der Waals surface area (Å²) in [6.07, 6.45) is 1.29. The van der Waals surface area contributed by atoms with Gasteiger partial charge in [-0.25, -0.2) is 4.98 Å². The minimum atomic E-state index is -0.555. The lowest BCUT2D eigenvalue weighted by Gasteiger charge is -2.26. The van der Waals surface area contributed by atoms with Crippen LogP contribution in [0.5, 0.6) is 5.88 Å².